The number of nitrogens with one attached hydrogen (secondary N) is 1. The number of benzene rings is 2. The van der Waals surface area contributed by atoms with Gasteiger partial charge in [0.25, 0.3) is 5.89 Å². The number of aromatic nitrogens is 1. The van der Waals surface area contributed by atoms with E-state index in [0.29, 0.717) is 5.56 Å². The lowest BCUT2D eigenvalue weighted by Gasteiger charge is -2.18. The summed E-state index contributed by atoms with van der Waals surface area (Å²) in [5.74, 6) is -2.48. The van der Waals surface area contributed by atoms with Crippen LogP contribution in [0.15, 0.2) is 59.2 Å². The minimum Gasteiger partial charge on any atom is -0.481 e. The van der Waals surface area contributed by atoms with E-state index < -0.39 is 23.7 Å². The molecule has 138 valence electrons. The molecule has 1 atom stereocenters. The molecule has 0 aliphatic heterocycles. The van der Waals surface area contributed by atoms with Gasteiger partial charge in [-0.15, -0.1) is 0 Å². The smallest absolute Gasteiger partial charge is 0.307 e. The number of carboxylic acids is 1. The Morgan fingerprint density at radius 2 is 1.89 bits per heavy atom. The van der Waals surface area contributed by atoms with Crippen LogP contribution in [0.25, 0.3) is 11.3 Å². The van der Waals surface area contributed by atoms with Crippen LogP contribution >= 0.6 is 0 Å². The molecule has 1 unspecified atom stereocenters. The minimum atomic E-state index is -1.05. The summed E-state index contributed by atoms with van der Waals surface area (Å²) in [5.41, 5.74) is 1.93. The maximum Gasteiger partial charge on any atom is 0.307 e. The lowest BCUT2D eigenvalue weighted by atomic mass is 9.99. The molecule has 1 heterocycles. The number of aliphatic carboxylic acids is 1. The highest BCUT2D eigenvalue weighted by molar-refractivity contribution is 5.91. The number of carboxylic acid groups (broad SMARTS) is 1. The fourth-order valence-electron chi connectivity index (χ4n) is 2.78. The van der Waals surface area contributed by atoms with Gasteiger partial charge in [0.05, 0.1) is 12.5 Å². The first-order valence-electron chi connectivity index (χ1n) is 8.24. The molecule has 27 heavy (non-hydrogen) atoms. The Kier molecular flexibility index (Phi) is 5.30. The van der Waals surface area contributed by atoms with Crippen LogP contribution in [0.3, 0.4) is 0 Å². The molecule has 0 fully saturated rings. The summed E-state index contributed by atoms with van der Waals surface area (Å²) in [6, 6.07) is 12.4. The van der Waals surface area contributed by atoms with E-state index in [1.807, 2.05) is 19.1 Å². The summed E-state index contributed by atoms with van der Waals surface area (Å²) in [4.78, 5) is 27.7. The van der Waals surface area contributed by atoms with Gasteiger partial charge in [0.1, 0.15) is 17.8 Å². The van der Waals surface area contributed by atoms with Crippen LogP contribution in [0.2, 0.25) is 0 Å². The summed E-state index contributed by atoms with van der Waals surface area (Å²) in [6.07, 6.45) is 0.894. The normalized spacial score (nSPS) is 11.8. The molecular formula is C20H17FN2O4. The van der Waals surface area contributed by atoms with Gasteiger partial charge in [-0.25, -0.2) is 9.37 Å². The van der Waals surface area contributed by atoms with Crippen LogP contribution in [-0.2, 0) is 4.79 Å². The predicted octanol–water partition coefficient (Wildman–Crippen LogP) is 3.73. The highest BCUT2D eigenvalue weighted by Crippen LogP contribution is 2.24. The number of carbonyl (C=O) groups is 2. The molecule has 6 nitrogen and oxygen atoms in total. The maximum atomic E-state index is 13.9. The van der Waals surface area contributed by atoms with Gasteiger partial charge >= 0.3 is 11.9 Å². The average Bonchev–Trinajstić information content (AvgIpc) is 3.11. The minimum absolute atomic E-state index is 0.184. The fourth-order valence-corrected chi connectivity index (χ4v) is 2.78. The first-order valence-corrected chi connectivity index (χ1v) is 8.24. The number of nitrogens with zero attached hydrogens (tertiary/aromatic N) is 1. The first-order chi connectivity index (χ1) is 13.0. The van der Waals surface area contributed by atoms with Crippen LogP contribution in [-0.4, -0.2) is 22.0 Å². The van der Waals surface area contributed by atoms with Crippen LogP contribution in [0.5, 0.6) is 0 Å². The molecule has 7 heteroatoms. The number of amides is 1. The molecule has 2 N–H and O–H groups in total. The Morgan fingerprint density at radius 3 is 2.59 bits per heavy atom. The monoisotopic (exact) mass is 368 g/mol. The van der Waals surface area contributed by atoms with Crippen molar-refractivity contribution in [3.05, 3.63) is 77.6 Å². The van der Waals surface area contributed by atoms with Crippen LogP contribution in [0.4, 0.5) is 4.39 Å². The number of aryl methyl sites for hydroxylation is 1. The largest absolute Gasteiger partial charge is 0.481 e. The van der Waals surface area contributed by atoms with Crippen molar-refractivity contribution in [1.82, 2.24) is 10.3 Å². The zero-order valence-electron chi connectivity index (χ0n) is 14.5. The van der Waals surface area contributed by atoms with Crippen molar-refractivity contribution in [2.24, 2.45) is 0 Å². The number of halogens is 1. The zero-order valence-corrected chi connectivity index (χ0v) is 14.5. The van der Waals surface area contributed by atoms with Crippen molar-refractivity contribution in [3.63, 3.8) is 0 Å². The molecule has 1 aromatic heterocycles. The van der Waals surface area contributed by atoms with Crippen molar-refractivity contribution in [1.29, 1.82) is 0 Å². The van der Waals surface area contributed by atoms with E-state index in [0.717, 1.165) is 5.56 Å². The van der Waals surface area contributed by atoms with E-state index in [9.17, 15) is 19.1 Å². The van der Waals surface area contributed by atoms with E-state index in [2.05, 4.69) is 10.3 Å². The van der Waals surface area contributed by atoms with Crippen molar-refractivity contribution in [2.75, 3.05) is 0 Å². The molecule has 0 aliphatic rings. The second kappa shape index (κ2) is 7.82. The zero-order chi connectivity index (χ0) is 19.4. The van der Waals surface area contributed by atoms with Gasteiger partial charge in [-0.05, 0) is 30.2 Å². The molecule has 0 saturated heterocycles. The van der Waals surface area contributed by atoms with Gasteiger partial charge in [0, 0.05) is 5.56 Å². The Morgan fingerprint density at radius 1 is 1.19 bits per heavy atom. The number of carbonyl (C=O) groups excluding carboxylic acids is 1. The molecule has 0 aliphatic carbocycles. The molecule has 0 spiro atoms. The van der Waals surface area contributed by atoms with Crippen molar-refractivity contribution in [3.8, 4) is 11.3 Å². The summed E-state index contributed by atoms with van der Waals surface area (Å²) < 4.78 is 19.0. The van der Waals surface area contributed by atoms with Crippen LogP contribution in [0.1, 0.15) is 34.3 Å². The quantitative estimate of drug-likeness (QED) is 0.691. The molecule has 3 aromatic rings. The second-order valence-corrected chi connectivity index (χ2v) is 6.00. The fraction of sp³-hybridized carbons (Fsp3) is 0.150. The SMILES string of the molecule is Cc1ccccc1C(CC(=O)O)NC(=O)c1nc(-c2ccccc2F)co1. The average molecular weight is 368 g/mol. The summed E-state index contributed by atoms with van der Waals surface area (Å²) in [5, 5.41) is 11.8. The number of oxazole rings is 1. The van der Waals surface area contributed by atoms with Crippen LogP contribution in [0, 0.1) is 12.7 Å². The first kappa shape index (κ1) is 18.3. The van der Waals surface area contributed by atoms with E-state index in [-0.39, 0.29) is 23.6 Å². The van der Waals surface area contributed by atoms with Gasteiger partial charge < -0.3 is 14.8 Å². The van der Waals surface area contributed by atoms with Crippen LogP contribution < -0.4 is 5.32 Å². The van der Waals surface area contributed by atoms with Gasteiger partial charge in [0.15, 0.2) is 0 Å². The summed E-state index contributed by atoms with van der Waals surface area (Å²) >= 11 is 0. The molecule has 0 radical (unpaired) electrons. The third-order valence-electron chi connectivity index (χ3n) is 4.10. The van der Waals surface area contributed by atoms with Crippen molar-refractivity contribution >= 4 is 11.9 Å². The highest BCUT2D eigenvalue weighted by atomic mass is 19.1. The molecule has 3 rings (SSSR count). The third kappa shape index (κ3) is 4.20. The third-order valence-corrected chi connectivity index (χ3v) is 4.10. The maximum absolute atomic E-state index is 13.9. The van der Waals surface area contributed by atoms with E-state index in [1.54, 1.807) is 24.3 Å². The topological polar surface area (TPSA) is 92.4 Å². The Bertz CT molecular complexity index is 983. The summed E-state index contributed by atoms with van der Waals surface area (Å²) in [6.45, 7) is 1.83. The molecule has 2 aromatic carbocycles. The van der Waals surface area contributed by atoms with Gasteiger partial charge in [-0.1, -0.05) is 36.4 Å². The Hall–Kier alpha value is -3.48. The van der Waals surface area contributed by atoms with Gasteiger partial charge in [0.2, 0.25) is 0 Å². The number of rotatable bonds is 6. The lowest BCUT2D eigenvalue weighted by molar-refractivity contribution is -0.137. The Labute approximate surface area is 154 Å². The van der Waals surface area contributed by atoms with Gasteiger partial charge in [-0.2, -0.15) is 0 Å². The standard InChI is InChI=1S/C20H17FN2O4/c1-12-6-2-3-7-13(12)16(10-18(24)25)22-19(26)20-23-17(11-27-20)14-8-4-5-9-15(14)21/h2-9,11,16H,10H2,1H3,(H,22,26)(H,24,25). The second-order valence-electron chi connectivity index (χ2n) is 6.00. The lowest BCUT2D eigenvalue weighted by Crippen LogP contribution is -2.30. The van der Waals surface area contributed by atoms with Crippen molar-refractivity contribution < 1.29 is 23.5 Å². The molecule has 0 saturated carbocycles. The number of hydrogen-bond donors (Lipinski definition) is 2. The van der Waals surface area contributed by atoms with E-state index in [1.165, 1.54) is 18.4 Å². The predicted molar refractivity (Wildman–Crippen MR) is 95.5 cm³/mol. The molecule has 0 bridgehead atoms. The van der Waals surface area contributed by atoms with Gasteiger partial charge in [-0.3, -0.25) is 9.59 Å². The Balaban J connectivity index is 1.83. The summed E-state index contributed by atoms with van der Waals surface area (Å²) in [7, 11) is 0. The van der Waals surface area contributed by atoms with E-state index >= 15 is 0 Å². The van der Waals surface area contributed by atoms with Crippen molar-refractivity contribution in [2.45, 2.75) is 19.4 Å². The molecule has 1 amide bonds. The molecular weight excluding hydrogens is 351 g/mol. The van der Waals surface area contributed by atoms with E-state index in [4.69, 9.17) is 4.42 Å². The number of hydrogen-bond acceptors (Lipinski definition) is 4. The highest BCUT2D eigenvalue weighted by Gasteiger charge is 2.23.